The largest absolute Gasteiger partial charge is 0.573 e. The van der Waals surface area contributed by atoms with Gasteiger partial charge in [-0.1, -0.05) is 26.0 Å². The molecule has 1 aromatic carbocycles. The number of nitrogens with two attached hydrogens (primary N) is 1. The minimum absolute atomic E-state index is 0.294. The van der Waals surface area contributed by atoms with Gasteiger partial charge in [0, 0.05) is 12.1 Å². The van der Waals surface area contributed by atoms with Crippen LogP contribution in [-0.4, -0.2) is 15.9 Å². The molecule has 0 saturated heterocycles. The van der Waals surface area contributed by atoms with Crippen molar-refractivity contribution in [3.05, 3.63) is 30.6 Å². The normalized spacial score (nSPS) is 11.9. The van der Waals surface area contributed by atoms with E-state index in [9.17, 15) is 13.2 Å². The summed E-state index contributed by atoms with van der Waals surface area (Å²) >= 11 is 0. The second-order valence-corrected chi connectivity index (χ2v) is 5.10. The molecule has 1 heterocycles. The van der Waals surface area contributed by atoms with Gasteiger partial charge in [0.1, 0.15) is 17.3 Å². The van der Waals surface area contributed by atoms with Gasteiger partial charge in [-0.15, -0.1) is 13.2 Å². The van der Waals surface area contributed by atoms with Gasteiger partial charge < -0.3 is 15.0 Å². The summed E-state index contributed by atoms with van der Waals surface area (Å²) in [4.78, 5) is 4.18. The molecule has 0 unspecified atom stereocenters. The molecule has 0 amide bonds. The highest BCUT2D eigenvalue weighted by Gasteiger charge is 2.31. The summed E-state index contributed by atoms with van der Waals surface area (Å²) in [6.07, 6.45) is -3.14. The molecule has 0 aliphatic heterocycles. The van der Waals surface area contributed by atoms with Crippen molar-refractivity contribution in [3.63, 3.8) is 0 Å². The lowest BCUT2D eigenvalue weighted by Crippen LogP contribution is -2.17. The van der Waals surface area contributed by atoms with Crippen LogP contribution in [-0.2, 0) is 6.54 Å². The Bertz CT molecular complexity index is 620. The van der Waals surface area contributed by atoms with E-state index in [1.807, 2.05) is 13.8 Å². The number of benzene rings is 1. The quantitative estimate of drug-likeness (QED) is 0.936. The second-order valence-electron chi connectivity index (χ2n) is 5.10. The Balaban J connectivity index is 2.30. The van der Waals surface area contributed by atoms with E-state index in [0.29, 0.717) is 29.5 Å². The van der Waals surface area contributed by atoms with E-state index in [1.54, 1.807) is 17.0 Å². The van der Waals surface area contributed by atoms with Crippen LogP contribution in [0, 0.1) is 5.92 Å². The van der Waals surface area contributed by atoms with E-state index >= 15 is 0 Å². The van der Waals surface area contributed by atoms with Crippen LogP contribution in [0.4, 0.5) is 19.0 Å². The van der Waals surface area contributed by atoms with Crippen LogP contribution in [0.25, 0.3) is 11.3 Å². The Labute approximate surface area is 120 Å². The Morgan fingerprint density at radius 3 is 2.67 bits per heavy atom. The Kier molecular flexibility index (Phi) is 4.11. The first-order valence-electron chi connectivity index (χ1n) is 6.43. The first kappa shape index (κ1) is 15.2. The number of nitrogen functional groups attached to an aromatic ring is 1. The maximum Gasteiger partial charge on any atom is 0.573 e. The van der Waals surface area contributed by atoms with E-state index in [2.05, 4.69) is 9.72 Å². The summed E-state index contributed by atoms with van der Waals surface area (Å²) in [6.45, 7) is 4.77. The molecule has 114 valence electrons. The molecular formula is C14H16F3N3O. The van der Waals surface area contributed by atoms with Gasteiger partial charge in [-0.3, -0.25) is 0 Å². The average molecular weight is 299 g/mol. The zero-order valence-electron chi connectivity index (χ0n) is 11.7. The number of nitrogens with zero attached hydrogens (tertiary/aromatic N) is 2. The Hall–Kier alpha value is -2.18. The number of imidazole rings is 1. The highest BCUT2D eigenvalue weighted by Crippen LogP contribution is 2.30. The Morgan fingerprint density at radius 1 is 1.33 bits per heavy atom. The van der Waals surface area contributed by atoms with E-state index in [0.717, 1.165) is 0 Å². The van der Waals surface area contributed by atoms with Crippen molar-refractivity contribution < 1.29 is 17.9 Å². The van der Waals surface area contributed by atoms with Crippen molar-refractivity contribution in [2.45, 2.75) is 26.8 Å². The van der Waals surface area contributed by atoms with Crippen molar-refractivity contribution in [2.24, 2.45) is 5.92 Å². The summed E-state index contributed by atoms with van der Waals surface area (Å²) in [5.74, 6) is 0.514. The first-order valence-corrected chi connectivity index (χ1v) is 6.43. The number of halogens is 3. The lowest BCUT2D eigenvalue weighted by molar-refractivity contribution is -0.274. The second kappa shape index (κ2) is 5.67. The molecule has 2 N–H and O–H groups in total. The fraction of sp³-hybridized carbons (Fsp3) is 0.357. The monoisotopic (exact) mass is 299 g/mol. The van der Waals surface area contributed by atoms with Gasteiger partial charge in [0.25, 0.3) is 0 Å². The van der Waals surface area contributed by atoms with Gasteiger partial charge in [-0.25, -0.2) is 4.98 Å². The number of ether oxygens (including phenoxy) is 1. The third-order valence-corrected chi connectivity index (χ3v) is 2.78. The maximum absolute atomic E-state index is 12.2. The first-order chi connectivity index (χ1) is 9.76. The average Bonchev–Trinajstić information content (AvgIpc) is 2.68. The molecule has 0 aliphatic rings. The van der Waals surface area contributed by atoms with E-state index < -0.39 is 6.36 Å². The molecule has 2 rings (SSSR count). The zero-order chi connectivity index (χ0) is 15.6. The minimum Gasteiger partial charge on any atom is -0.406 e. The number of alkyl halides is 3. The number of aromatic nitrogens is 2. The maximum atomic E-state index is 12.2. The van der Waals surface area contributed by atoms with Crippen LogP contribution in [0.3, 0.4) is 0 Å². The molecule has 0 atom stereocenters. The third-order valence-electron chi connectivity index (χ3n) is 2.78. The van der Waals surface area contributed by atoms with Crippen molar-refractivity contribution in [1.29, 1.82) is 0 Å². The van der Waals surface area contributed by atoms with Crippen LogP contribution in [0.5, 0.6) is 5.75 Å². The van der Waals surface area contributed by atoms with Crippen molar-refractivity contribution in [2.75, 3.05) is 5.73 Å². The molecule has 2 aromatic rings. The van der Waals surface area contributed by atoms with E-state index in [1.165, 1.54) is 18.2 Å². The van der Waals surface area contributed by atoms with Gasteiger partial charge in [-0.2, -0.15) is 0 Å². The van der Waals surface area contributed by atoms with Crippen LogP contribution < -0.4 is 10.5 Å². The molecule has 0 fully saturated rings. The van der Waals surface area contributed by atoms with E-state index in [4.69, 9.17) is 5.73 Å². The van der Waals surface area contributed by atoms with Crippen molar-refractivity contribution >= 4 is 5.82 Å². The molecule has 4 nitrogen and oxygen atoms in total. The van der Waals surface area contributed by atoms with Crippen LogP contribution in [0.1, 0.15) is 13.8 Å². The zero-order valence-corrected chi connectivity index (χ0v) is 11.7. The van der Waals surface area contributed by atoms with Crippen LogP contribution in [0.2, 0.25) is 0 Å². The summed E-state index contributed by atoms with van der Waals surface area (Å²) in [6, 6.07) is 5.61. The molecule has 0 radical (unpaired) electrons. The molecule has 7 heteroatoms. The lowest BCUT2D eigenvalue weighted by Gasteiger charge is -2.10. The fourth-order valence-electron chi connectivity index (χ4n) is 1.99. The highest BCUT2D eigenvalue weighted by molar-refractivity contribution is 5.71. The highest BCUT2D eigenvalue weighted by atomic mass is 19.4. The summed E-state index contributed by atoms with van der Waals surface area (Å²) in [7, 11) is 0. The number of hydrogen-bond acceptors (Lipinski definition) is 3. The third kappa shape index (κ3) is 3.90. The van der Waals surface area contributed by atoms with Crippen molar-refractivity contribution in [1.82, 2.24) is 9.55 Å². The molecular weight excluding hydrogens is 283 g/mol. The summed E-state index contributed by atoms with van der Waals surface area (Å²) < 4.78 is 42.4. The van der Waals surface area contributed by atoms with Gasteiger partial charge in [0.2, 0.25) is 0 Å². The fourth-order valence-corrected chi connectivity index (χ4v) is 1.99. The molecule has 21 heavy (non-hydrogen) atoms. The number of hydrogen-bond donors (Lipinski definition) is 1. The summed E-state index contributed by atoms with van der Waals surface area (Å²) in [5, 5.41) is 0. The standard InChI is InChI=1S/C14H16F3N3O/c1-9(2)7-20-8-19-12(13(20)18)10-4-3-5-11(6-10)21-14(15,16)17/h3-6,8-9H,7,18H2,1-2H3. The number of rotatable bonds is 4. The predicted octanol–water partition coefficient (Wildman–Crippen LogP) is 3.69. The SMILES string of the molecule is CC(C)Cn1cnc(-c2cccc(OC(F)(F)F)c2)c1N. The smallest absolute Gasteiger partial charge is 0.406 e. The van der Waals surface area contributed by atoms with Crippen molar-refractivity contribution in [3.8, 4) is 17.0 Å². The molecule has 1 aromatic heterocycles. The Morgan fingerprint density at radius 2 is 2.05 bits per heavy atom. The van der Waals surface area contributed by atoms with Gasteiger partial charge >= 0.3 is 6.36 Å². The predicted molar refractivity (Wildman–Crippen MR) is 73.6 cm³/mol. The summed E-state index contributed by atoms with van der Waals surface area (Å²) in [5.41, 5.74) is 6.93. The lowest BCUT2D eigenvalue weighted by atomic mass is 10.1. The van der Waals surface area contributed by atoms with Gasteiger partial charge in [0.05, 0.1) is 6.33 Å². The van der Waals surface area contributed by atoms with Gasteiger partial charge in [0.15, 0.2) is 0 Å². The molecule has 0 spiro atoms. The topological polar surface area (TPSA) is 53.1 Å². The molecule has 0 saturated carbocycles. The molecule has 0 aliphatic carbocycles. The van der Waals surface area contributed by atoms with Gasteiger partial charge in [-0.05, 0) is 18.1 Å². The van der Waals surface area contributed by atoms with E-state index in [-0.39, 0.29) is 5.75 Å². The van der Waals surface area contributed by atoms with Crippen LogP contribution in [0.15, 0.2) is 30.6 Å². The minimum atomic E-state index is -4.72. The number of anilines is 1. The molecule has 0 bridgehead atoms. The van der Waals surface area contributed by atoms with Crippen LogP contribution >= 0.6 is 0 Å².